The molecule has 1 fully saturated rings. The number of carbonyl (C=O) groups excluding carboxylic acids is 2. The number of fused-ring (bicyclic) bond motifs is 1. The summed E-state index contributed by atoms with van der Waals surface area (Å²) in [5.41, 5.74) is 1.71. The summed E-state index contributed by atoms with van der Waals surface area (Å²) in [6.45, 7) is 0.908. The van der Waals surface area contributed by atoms with Gasteiger partial charge in [0, 0.05) is 31.6 Å². The molecule has 0 aromatic heterocycles. The fourth-order valence-electron chi connectivity index (χ4n) is 3.97. The van der Waals surface area contributed by atoms with Crippen molar-refractivity contribution < 1.29 is 18.0 Å². The normalized spacial score (nSPS) is 15.0. The number of hydrogen-bond donors (Lipinski definition) is 1. The lowest BCUT2D eigenvalue weighted by molar-refractivity contribution is -0.133. The van der Waals surface area contributed by atoms with Crippen molar-refractivity contribution in [2.45, 2.75) is 6.42 Å². The molecule has 4 rings (SSSR count). The Kier molecular flexibility index (Phi) is 7.40. The van der Waals surface area contributed by atoms with Crippen LogP contribution in [0.2, 0.25) is 0 Å². The van der Waals surface area contributed by atoms with E-state index in [0.717, 1.165) is 21.9 Å². The van der Waals surface area contributed by atoms with Crippen LogP contribution in [0.3, 0.4) is 0 Å². The van der Waals surface area contributed by atoms with Crippen molar-refractivity contribution in [1.82, 2.24) is 14.5 Å². The largest absolute Gasteiger partial charge is 0.347 e. The van der Waals surface area contributed by atoms with Crippen LogP contribution in [0.4, 0.5) is 0 Å². The molecule has 3 aromatic rings. The van der Waals surface area contributed by atoms with E-state index in [1.54, 1.807) is 11.0 Å². The number of nitrogens with one attached hydrogen (secondary N) is 1. The van der Waals surface area contributed by atoms with Crippen molar-refractivity contribution in [2.75, 3.05) is 32.7 Å². The Balaban J connectivity index is 1.26. The molecule has 0 bridgehead atoms. The van der Waals surface area contributed by atoms with Gasteiger partial charge in [-0.3, -0.25) is 9.59 Å². The first-order chi connectivity index (χ1) is 16.4. The highest BCUT2D eigenvalue weighted by Crippen LogP contribution is 2.19. The minimum atomic E-state index is -3.56. The summed E-state index contributed by atoms with van der Waals surface area (Å²) in [5, 5.41) is 5.99. The first-order valence-corrected chi connectivity index (χ1v) is 12.7. The van der Waals surface area contributed by atoms with Crippen molar-refractivity contribution in [3.8, 4) is 0 Å². The summed E-state index contributed by atoms with van der Waals surface area (Å²) in [4.78, 5) is 26.6. The Morgan fingerprint density at radius 2 is 1.53 bits per heavy atom. The Morgan fingerprint density at radius 1 is 0.853 bits per heavy atom. The average Bonchev–Trinajstić information content (AvgIpc) is 2.87. The van der Waals surface area contributed by atoms with Gasteiger partial charge in [0.2, 0.25) is 21.8 Å². The molecule has 8 heteroatoms. The van der Waals surface area contributed by atoms with Crippen molar-refractivity contribution in [2.24, 2.45) is 0 Å². The Labute approximate surface area is 199 Å². The van der Waals surface area contributed by atoms with E-state index < -0.39 is 10.0 Å². The van der Waals surface area contributed by atoms with Crippen LogP contribution >= 0.6 is 0 Å². The van der Waals surface area contributed by atoms with Gasteiger partial charge in [-0.1, -0.05) is 72.8 Å². The molecule has 7 nitrogen and oxygen atoms in total. The third-order valence-electron chi connectivity index (χ3n) is 5.85. The number of benzene rings is 3. The van der Waals surface area contributed by atoms with Crippen molar-refractivity contribution in [3.63, 3.8) is 0 Å². The molecule has 2 amide bonds. The minimum absolute atomic E-state index is 0.107. The van der Waals surface area contributed by atoms with Gasteiger partial charge in [-0.2, -0.15) is 4.31 Å². The zero-order valence-corrected chi connectivity index (χ0v) is 19.6. The van der Waals surface area contributed by atoms with E-state index in [-0.39, 0.29) is 51.0 Å². The summed E-state index contributed by atoms with van der Waals surface area (Å²) in [6.07, 6.45) is 1.76. The SMILES string of the molecule is O=C(Cc1cccc2ccccc12)NCC(=O)N1CCN(S(=O)(=O)C=Cc2ccccc2)CC1. The molecule has 0 spiro atoms. The highest BCUT2D eigenvalue weighted by Gasteiger charge is 2.27. The minimum Gasteiger partial charge on any atom is -0.347 e. The number of rotatable bonds is 7. The van der Waals surface area contributed by atoms with E-state index in [2.05, 4.69) is 5.32 Å². The fourth-order valence-corrected chi connectivity index (χ4v) is 5.15. The van der Waals surface area contributed by atoms with Gasteiger partial charge in [0.15, 0.2) is 0 Å². The second-order valence-electron chi connectivity index (χ2n) is 8.13. The summed E-state index contributed by atoms with van der Waals surface area (Å²) in [5.74, 6) is -0.444. The Hall–Kier alpha value is -3.49. The average molecular weight is 478 g/mol. The Bertz CT molecular complexity index is 1290. The Morgan fingerprint density at radius 3 is 2.29 bits per heavy atom. The van der Waals surface area contributed by atoms with E-state index in [4.69, 9.17) is 0 Å². The number of amides is 2. The lowest BCUT2D eigenvalue weighted by Crippen LogP contribution is -2.52. The van der Waals surface area contributed by atoms with Crippen LogP contribution in [-0.2, 0) is 26.0 Å². The van der Waals surface area contributed by atoms with Gasteiger partial charge in [-0.25, -0.2) is 8.42 Å². The molecule has 1 aliphatic heterocycles. The molecule has 0 aliphatic carbocycles. The predicted octanol–water partition coefficient (Wildman–Crippen LogP) is 2.64. The van der Waals surface area contributed by atoms with Gasteiger partial charge in [-0.15, -0.1) is 0 Å². The molecular weight excluding hydrogens is 450 g/mol. The van der Waals surface area contributed by atoms with E-state index in [1.807, 2.05) is 72.8 Å². The highest BCUT2D eigenvalue weighted by atomic mass is 32.2. The lowest BCUT2D eigenvalue weighted by atomic mass is 10.0. The third kappa shape index (κ3) is 5.89. The summed E-state index contributed by atoms with van der Waals surface area (Å²) < 4.78 is 26.6. The van der Waals surface area contributed by atoms with Gasteiger partial charge in [0.1, 0.15) is 0 Å². The number of piperazine rings is 1. The zero-order chi connectivity index (χ0) is 24.0. The van der Waals surface area contributed by atoms with Gasteiger partial charge in [0.25, 0.3) is 0 Å². The predicted molar refractivity (Wildman–Crippen MR) is 133 cm³/mol. The topological polar surface area (TPSA) is 86.8 Å². The van der Waals surface area contributed by atoms with Gasteiger partial charge >= 0.3 is 0 Å². The monoisotopic (exact) mass is 477 g/mol. The van der Waals surface area contributed by atoms with E-state index in [9.17, 15) is 18.0 Å². The molecule has 0 atom stereocenters. The van der Waals surface area contributed by atoms with Crippen LogP contribution in [0, 0.1) is 0 Å². The van der Waals surface area contributed by atoms with E-state index >= 15 is 0 Å². The second kappa shape index (κ2) is 10.6. The van der Waals surface area contributed by atoms with Crippen LogP contribution in [0.5, 0.6) is 0 Å². The maximum absolute atomic E-state index is 12.6. The van der Waals surface area contributed by atoms with E-state index in [1.165, 1.54) is 9.71 Å². The summed E-state index contributed by atoms with van der Waals surface area (Å²) in [6, 6.07) is 22.9. The first kappa shape index (κ1) is 23.7. The van der Waals surface area contributed by atoms with E-state index in [0.29, 0.717) is 0 Å². The van der Waals surface area contributed by atoms with Crippen molar-refractivity contribution in [1.29, 1.82) is 0 Å². The number of nitrogens with zero attached hydrogens (tertiary/aromatic N) is 2. The van der Waals surface area contributed by atoms with Gasteiger partial charge in [-0.05, 0) is 28.0 Å². The van der Waals surface area contributed by atoms with Gasteiger partial charge < -0.3 is 10.2 Å². The smallest absolute Gasteiger partial charge is 0.242 e. The second-order valence-corrected chi connectivity index (χ2v) is 9.95. The number of carbonyl (C=O) groups is 2. The quantitative estimate of drug-likeness (QED) is 0.567. The third-order valence-corrected chi connectivity index (χ3v) is 7.42. The van der Waals surface area contributed by atoms with Crippen LogP contribution in [0.15, 0.2) is 78.2 Å². The molecule has 3 aromatic carbocycles. The molecule has 1 heterocycles. The number of sulfonamides is 1. The zero-order valence-electron chi connectivity index (χ0n) is 18.8. The van der Waals surface area contributed by atoms with Crippen LogP contribution in [-0.4, -0.2) is 62.2 Å². The summed E-state index contributed by atoms with van der Waals surface area (Å²) >= 11 is 0. The maximum Gasteiger partial charge on any atom is 0.242 e. The molecule has 1 N–H and O–H groups in total. The number of hydrogen-bond acceptors (Lipinski definition) is 4. The van der Waals surface area contributed by atoms with Gasteiger partial charge in [0.05, 0.1) is 13.0 Å². The van der Waals surface area contributed by atoms with Crippen LogP contribution in [0.1, 0.15) is 11.1 Å². The molecular formula is C26H27N3O4S. The highest BCUT2D eigenvalue weighted by molar-refractivity contribution is 7.92. The maximum atomic E-state index is 12.6. The first-order valence-electron chi connectivity index (χ1n) is 11.2. The molecule has 0 unspecified atom stereocenters. The molecule has 1 aliphatic rings. The lowest BCUT2D eigenvalue weighted by Gasteiger charge is -2.33. The standard InChI is InChI=1S/C26H27N3O4S/c30-25(19-23-11-6-10-22-9-4-5-12-24(22)23)27-20-26(31)28-14-16-29(17-15-28)34(32,33)18-13-21-7-2-1-3-8-21/h1-13,18H,14-17,19-20H2,(H,27,30). The van der Waals surface area contributed by atoms with Crippen LogP contribution < -0.4 is 5.32 Å². The molecule has 176 valence electrons. The molecule has 0 radical (unpaired) electrons. The molecule has 34 heavy (non-hydrogen) atoms. The fraction of sp³-hybridized carbons (Fsp3) is 0.231. The molecule has 1 saturated heterocycles. The van der Waals surface area contributed by atoms with Crippen LogP contribution in [0.25, 0.3) is 16.8 Å². The van der Waals surface area contributed by atoms with Crippen molar-refractivity contribution in [3.05, 3.63) is 89.3 Å². The molecule has 0 saturated carbocycles. The van der Waals surface area contributed by atoms with Crippen molar-refractivity contribution >= 4 is 38.7 Å². The summed E-state index contributed by atoms with van der Waals surface area (Å²) in [7, 11) is -3.56.